The van der Waals surface area contributed by atoms with Gasteiger partial charge >= 0.3 is 5.76 Å². The maximum Gasteiger partial charge on any atom is 0.437 e. The minimum absolute atomic E-state index is 0.0109. The van der Waals surface area contributed by atoms with Gasteiger partial charge in [-0.05, 0) is 48.9 Å². The predicted molar refractivity (Wildman–Crippen MR) is 91.0 cm³/mol. The fourth-order valence-electron chi connectivity index (χ4n) is 2.17. The molecule has 0 saturated carbocycles. The summed E-state index contributed by atoms with van der Waals surface area (Å²) in [5, 5.41) is 7.11. The number of hydrogen-bond donors (Lipinski definition) is 1. The summed E-state index contributed by atoms with van der Waals surface area (Å²) in [4.78, 5) is 24.0. The van der Waals surface area contributed by atoms with Crippen LogP contribution in [0.1, 0.15) is 5.56 Å². The standard InChI is InChI=1S/C17H13ClFN3O3/c1-10-2-5-12(18)8-14(10)20-15(23)9-22-17(24)25-16(21-22)11-3-6-13(19)7-4-11/h2-8H,9H2,1H3,(H,20,23). The van der Waals surface area contributed by atoms with Crippen molar-refractivity contribution in [2.45, 2.75) is 13.5 Å². The van der Waals surface area contributed by atoms with Gasteiger partial charge in [0.15, 0.2) is 0 Å². The number of amides is 1. The SMILES string of the molecule is Cc1ccc(Cl)cc1NC(=O)Cn1nc(-c2ccc(F)cc2)oc1=O. The van der Waals surface area contributed by atoms with Crippen LogP contribution in [0.2, 0.25) is 5.02 Å². The summed E-state index contributed by atoms with van der Waals surface area (Å²) in [6, 6.07) is 10.4. The number of aryl methyl sites for hydroxylation is 1. The zero-order valence-corrected chi connectivity index (χ0v) is 13.9. The van der Waals surface area contributed by atoms with E-state index >= 15 is 0 Å². The number of carbonyl (C=O) groups excluding carboxylic acids is 1. The van der Waals surface area contributed by atoms with E-state index in [1.807, 2.05) is 6.92 Å². The highest BCUT2D eigenvalue weighted by Crippen LogP contribution is 2.20. The summed E-state index contributed by atoms with van der Waals surface area (Å²) in [5.41, 5.74) is 1.81. The van der Waals surface area contributed by atoms with E-state index in [0.717, 1.165) is 10.2 Å². The van der Waals surface area contributed by atoms with Crippen LogP contribution in [-0.4, -0.2) is 15.7 Å². The summed E-state index contributed by atoms with van der Waals surface area (Å²) >= 11 is 5.91. The first kappa shape index (κ1) is 16.9. The van der Waals surface area contributed by atoms with Crippen molar-refractivity contribution in [2.75, 3.05) is 5.32 Å². The van der Waals surface area contributed by atoms with Gasteiger partial charge in [-0.15, -0.1) is 5.10 Å². The van der Waals surface area contributed by atoms with Crippen molar-refractivity contribution < 1.29 is 13.6 Å². The van der Waals surface area contributed by atoms with Crippen LogP contribution < -0.4 is 11.1 Å². The van der Waals surface area contributed by atoms with E-state index in [2.05, 4.69) is 10.4 Å². The number of carbonyl (C=O) groups is 1. The van der Waals surface area contributed by atoms with Crippen LogP contribution in [0.15, 0.2) is 51.7 Å². The van der Waals surface area contributed by atoms with Crippen LogP contribution in [0.3, 0.4) is 0 Å². The van der Waals surface area contributed by atoms with E-state index in [4.69, 9.17) is 16.0 Å². The van der Waals surface area contributed by atoms with Crippen LogP contribution in [0.25, 0.3) is 11.5 Å². The summed E-state index contributed by atoms with van der Waals surface area (Å²) in [5.74, 6) is -1.64. The molecule has 1 N–H and O–H groups in total. The lowest BCUT2D eigenvalue weighted by Crippen LogP contribution is -2.26. The zero-order valence-electron chi connectivity index (χ0n) is 13.1. The van der Waals surface area contributed by atoms with Crippen LogP contribution >= 0.6 is 11.6 Å². The third-order valence-electron chi connectivity index (χ3n) is 3.46. The van der Waals surface area contributed by atoms with Gasteiger partial charge in [-0.1, -0.05) is 17.7 Å². The minimum atomic E-state index is -0.780. The van der Waals surface area contributed by atoms with E-state index in [0.29, 0.717) is 16.3 Å². The van der Waals surface area contributed by atoms with E-state index in [9.17, 15) is 14.0 Å². The Morgan fingerprint density at radius 2 is 2.00 bits per heavy atom. The average Bonchev–Trinajstić information content (AvgIpc) is 2.92. The second-order valence-electron chi connectivity index (χ2n) is 5.35. The lowest BCUT2D eigenvalue weighted by molar-refractivity contribution is -0.117. The highest BCUT2D eigenvalue weighted by atomic mass is 35.5. The molecule has 3 rings (SSSR count). The molecule has 128 valence electrons. The first-order valence-corrected chi connectivity index (χ1v) is 7.70. The maximum atomic E-state index is 12.9. The van der Waals surface area contributed by atoms with Gasteiger partial charge in [-0.25, -0.2) is 9.18 Å². The zero-order chi connectivity index (χ0) is 18.0. The fourth-order valence-corrected chi connectivity index (χ4v) is 2.34. The van der Waals surface area contributed by atoms with E-state index < -0.39 is 17.5 Å². The number of halogens is 2. The molecule has 0 radical (unpaired) electrons. The number of nitrogens with zero attached hydrogens (tertiary/aromatic N) is 2. The number of anilines is 1. The Morgan fingerprint density at radius 1 is 1.28 bits per heavy atom. The van der Waals surface area contributed by atoms with Crippen molar-refractivity contribution >= 4 is 23.2 Å². The van der Waals surface area contributed by atoms with E-state index in [1.54, 1.807) is 18.2 Å². The molecule has 0 aliphatic carbocycles. The van der Waals surface area contributed by atoms with Gasteiger partial charge in [-0.3, -0.25) is 4.79 Å². The van der Waals surface area contributed by atoms with Gasteiger partial charge < -0.3 is 9.73 Å². The molecule has 0 aliphatic heterocycles. The Balaban J connectivity index is 1.77. The summed E-state index contributed by atoms with van der Waals surface area (Å²) in [6.07, 6.45) is 0. The average molecular weight is 362 g/mol. The van der Waals surface area contributed by atoms with Crippen LogP contribution in [0.4, 0.5) is 10.1 Å². The number of hydrogen-bond acceptors (Lipinski definition) is 4. The molecule has 6 nitrogen and oxygen atoms in total. The van der Waals surface area contributed by atoms with Gasteiger partial charge in [0.2, 0.25) is 11.8 Å². The van der Waals surface area contributed by atoms with Crippen molar-refractivity contribution in [3.8, 4) is 11.5 Å². The summed E-state index contributed by atoms with van der Waals surface area (Å²) in [7, 11) is 0. The Hall–Kier alpha value is -2.93. The molecule has 0 bridgehead atoms. The molecule has 0 atom stereocenters. The van der Waals surface area contributed by atoms with Gasteiger partial charge in [-0.2, -0.15) is 4.68 Å². The molecule has 1 aromatic heterocycles. The number of aromatic nitrogens is 2. The molecule has 0 unspecified atom stereocenters. The molecule has 1 heterocycles. The molecule has 0 saturated heterocycles. The molecular weight excluding hydrogens is 349 g/mol. The molecule has 2 aromatic carbocycles. The van der Waals surface area contributed by atoms with Crippen LogP contribution in [-0.2, 0) is 11.3 Å². The third kappa shape index (κ3) is 3.95. The second-order valence-corrected chi connectivity index (χ2v) is 5.78. The Bertz CT molecular complexity index is 980. The molecule has 8 heteroatoms. The summed E-state index contributed by atoms with van der Waals surface area (Å²) < 4.78 is 18.9. The van der Waals surface area contributed by atoms with Gasteiger partial charge in [0.1, 0.15) is 12.4 Å². The van der Waals surface area contributed by atoms with Gasteiger partial charge in [0.05, 0.1) is 0 Å². The minimum Gasteiger partial charge on any atom is -0.388 e. The summed E-state index contributed by atoms with van der Waals surface area (Å²) in [6.45, 7) is 1.50. The first-order valence-electron chi connectivity index (χ1n) is 7.32. The van der Waals surface area contributed by atoms with Crippen molar-refractivity contribution in [1.29, 1.82) is 0 Å². The number of benzene rings is 2. The molecule has 1 amide bonds. The largest absolute Gasteiger partial charge is 0.437 e. The Labute approximate surface area is 146 Å². The lowest BCUT2D eigenvalue weighted by Gasteiger charge is -2.08. The van der Waals surface area contributed by atoms with Crippen molar-refractivity contribution in [1.82, 2.24) is 9.78 Å². The number of nitrogens with one attached hydrogen (secondary N) is 1. The monoisotopic (exact) mass is 361 g/mol. The van der Waals surface area contributed by atoms with Gasteiger partial charge in [0, 0.05) is 16.3 Å². The normalized spacial score (nSPS) is 10.7. The Morgan fingerprint density at radius 3 is 2.72 bits per heavy atom. The molecular formula is C17H13ClFN3O3. The molecule has 3 aromatic rings. The van der Waals surface area contributed by atoms with Crippen LogP contribution in [0, 0.1) is 12.7 Å². The second kappa shape index (κ2) is 6.90. The Kier molecular flexibility index (Phi) is 4.67. The quantitative estimate of drug-likeness (QED) is 0.773. The highest BCUT2D eigenvalue weighted by molar-refractivity contribution is 6.31. The van der Waals surface area contributed by atoms with Crippen LogP contribution in [0.5, 0.6) is 0 Å². The molecule has 0 fully saturated rings. The van der Waals surface area contributed by atoms with Crippen molar-refractivity contribution in [3.05, 3.63) is 69.4 Å². The molecule has 0 spiro atoms. The molecule has 0 aliphatic rings. The van der Waals surface area contributed by atoms with E-state index in [-0.39, 0.29) is 12.4 Å². The smallest absolute Gasteiger partial charge is 0.388 e. The topological polar surface area (TPSA) is 77.1 Å². The van der Waals surface area contributed by atoms with Gasteiger partial charge in [0.25, 0.3) is 0 Å². The highest BCUT2D eigenvalue weighted by Gasteiger charge is 2.14. The van der Waals surface area contributed by atoms with Crippen molar-refractivity contribution in [3.63, 3.8) is 0 Å². The first-order chi connectivity index (χ1) is 11.9. The lowest BCUT2D eigenvalue weighted by atomic mass is 10.2. The maximum absolute atomic E-state index is 12.9. The van der Waals surface area contributed by atoms with E-state index in [1.165, 1.54) is 24.3 Å². The third-order valence-corrected chi connectivity index (χ3v) is 3.70. The molecule has 25 heavy (non-hydrogen) atoms. The predicted octanol–water partition coefficient (Wildman–Crippen LogP) is 3.24. The van der Waals surface area contributed by atoms with Crippen molar-refractivity contribution in [2.24, 2.45) is 0 Å². The number of rotatable bonds is 4. The fraction of sp³-hybridized carbons (Fsp3) is 0.118.